The molecule has 0 bridgehead atoms. The number of nitrogens with one attached hydrogen (secondary N) is 3. The molecule has 0 aliphatic heterocycles. The van der Waals surface area contributed by atoms with Gasteiger partial charge in [0, 0.05) is 34.4 Å². The summed E-state index contributed by atoms with van der Waals surface area (Å²) in [6, 6.07) is 13.7. The molecule has 0 saturated heterocycles. The van der Waals surface area contributed by atoms with Crippen molar-refractivity contribution in [2.24, 2.45) is 0 Å². The number of halogens is 1. The first-order chi connectivity index (χ1) is 14.9. The Morgan fingerprint density at radius 1 is 0.903 bits per heavy atom. The summed E-state index contributed by atoms with van der Waals surface area (Å²) >= 11 is 8.53. The molecule has 0 aliphatic carbocycles. The Balaban J connectivity index is 1.44. The Kier molecular flexibility index (Phi) is 8.05. The highest BCUT2D eigenvalue weighted by Crippen LogP contribution is 2.23. The van der Waals surface area contributed by atoms with E-state index in [4.69, 9.17) is 11.6 Å². The van der Waals surface area contributed by atoms with Gasteiger partial charge in [-0.2, -0.15) is 0 Å². The smallest absolute Gasteiger partial charge is 0.234 e. The van der Waals surface area contributed by atoms with E-state index in [1.165, 1.54) is 30.0 Å². The van der Waals surface area contributed by atoms with Crippen molar-refractivity contribution in [1.29, 1.82) is 0 Å². The van der Waals surface area contributed by atoms with Gasteiger partial charge in [0.15, 0.2) is 4.34 Å². The molecule has 0 unspecified atom stereocenters. The number of carbonyl (C=O) groups is 3. The summed E-state index contributed by atoms with van der Waals surface area (Å²) in [5.74, 6) is -0.293. The third kappa shape index (κ3) is 7.71. The first-order valence-electron chi connectivity index (χ1n) is 9.17. The Morgan fingerprint density at radius 3 is 2.06 bits per heavy atom. The van der Waals surface area contributed by atoms with Crippen LogP contribution >= 0.6 is 34.7 Å². The maximum atomic E-state index is 12.3. The summed E-state index contributed by atoms with van der Waals surface area (Å²) in [6.45, 7) is 1.43. The number of carbonyl (C=O) groups excluding carboxylic acids is 3. The molecule has 1 aromatic heterocycles. The number of thioether (sulfide) groups is 1. The van der Waals surface area contributed by atoms with Gasteiger partial charge < -0.3 is 16.0 Å². The van der Waals surface area contributed by atoms with Crippen LogP contribution in [0.4, 0.5) is 17.1 Å². The number of amides is 3. The lowest BCUT2D eigenvalue weighted by Gasteiger charge is -2.06. The molecule has 2 aromatic carbocycles. The Hall–Kier alpha value is -2.88. The van der Waals surface area contributed by atoms with Crippen molar-refractivity contribution >= 4 is 69.5 Å². The minimum atomic E-state index is -0.199. The maximum Gasteiger partial charge on any atom is 0.234 e. The molecule has 3 amide bonds. The molecule has 10 heteroatoms. The van der Waals surface area contributed by atoms with Crippen LogP contribution < -0.4 is 16.0 Å². The minimum absolute atomic E-state index is 0.126. The van der Waals surface area contributed by atoms with Crippen LogP contribution in [-0.2, 0) is 20.8 Å². The fourth-order valence-electron chi connectivity index (χ4n) is 2.50. The molecule has 160 valence electrons. The monoisotopic (exact) mass is 474 g/mol. The van der Waals surface area contributed by atoms with Gasteiger partial charge in [-0.25, -0.2) is 4.98 Å². The molecule has 3 rings (SSSR count). The summed E-state index contributed by atoms with van der Waals surface area (Å²) < 4.78 is 0.716. The second-order valence-electron chi connectivity index (χ2n) is 6.43. The predicted molar refractivity (Wildman–Crippen MR) is 126 cm³/mol. The zero-order valence-corrected chi connectivity index (χ0v) is 18.9. The number of anilines is 3. The van der Waals surface area contributed by atoms with Gasteiger partial charge in [-0.3, -0.25) is 14.4 Å². The molecule has 1 heterocycles. The average Bonchev–Trinajstić information content (AvgIpc) is 3.16. The lowest BCUT2D eigenvalue weighted by atomic mass is 10.2. The Morgan fingerprint density at radius 2 is 1.45 bits per heavy atom. The zero-order valence-electron chi connectivity index (χ0n) is 16.5. The molecule has 3 N–H and O–H groups in total. The van der Waals surface area contributed by atoms with E-state index in [9.17, 15) is 14.4 Å². The van der Waals surface area contributed by atoms with Crippen molar-refractivity contribution in [1.82, 2.24) is 4.98 Å². The number of hydrogen-bond acceptors (Lipinski definition) is 6. The Bertz CT molecular complexity index is 1070. The van der Waals surface area contributed by atoms with Crippen molar-refractivity contribution in [2.75, 3.05) is 21.7 Å². The van der Waals surface area contributed by atoms with Crippen LogP contribution in [0.25, 0.3) is 0 Å². The van der Waals surface area contributed by atoms with Crippen molar-refractivity contribution in [3.8, 4) is 0 Å². The number of thiazole rings is 1. The maximum absolute atomic E-state index is 12.3. The van der Waals surface area contributed by atoms with Gasteiger partial charge in [0.2, 0.25) is 17.7 Å². The fraction of sp³-hybridized carbons (Fsp3) is 0.143. The topological polar surface area (TPSA) is 100 Å². The second-order valence-corrected chi connectivity index (χ2v) is 8.95. The average molecular weight is 475 g/mol. The van der Waals surface area contributed by atoms with E-state index in [1.54, 1.807) is 53.9 Å². The third-order valence-electron chi connectivity index (χ3n) is 3.82. The quantitative estimate of drug-likeness (QED) is 0.412. The van der Waals surface area contributed by atoms with Gasteiger partial charge in [-0.15, -0.1) is 11.3 Å². The first-order valence-corrected chi connectivity index (χ1v) is 11.4. The van der Waals surface area contributed by atoms with Gasteiger partial charge in [-0.05, 0) is 48.5 Å². The summed E-state index contributed by atoms with van der Waals surface area (Å²) in [7, 11) is 0. The predicted octanol–water partition coefficient (Wildman–Crippen LogP) is 4.67. The van der Waals surface area contributed by atoms with Gasteiger partial charge in [0.25, 0.3) is 0 Å². The highest BCUT2D eigenvalue weighted by atomic mass is 35.5. The van der Waals surface area contributed by atoms with E-state index in [1.807, 2.05) is 0 Å². The summed E-state index contributed by atoms with van der Waals surface area (Å²) in [5, 5.41) is 10.7. The second kappa shape index (κ2) is 10.9. The summed E-state index contributed by atoms with van der Waals surface area (Å²) in [5.41, 5.74) is 2.60. The van der Waals surface area contributed by atoms with Crippen LogP contribution in [0.2, 0.25) is 5.02 Å². The van der Waals surface area contributed by atoms with E-state index in [-0.39, 0.29) is 29.9 Å². The summed E-state index contributed by atoms with van der Waals surface area (Å²) in [4.78, 5) is 39.8. The van der Waals surface area contributed by atoms with Gasteiger partial charge in [-0.1, -0.05) is 23.4 Å². The highest BCUT2D eigenvalue weighted by molar-refractivity contribution is 8.01. The van der Waals surface area contributed by atoms with Crippen LogP contribution in [0, 0.1) is 0 Å². The van der Waals surface area contributed by atoms with Crippen LogP contribution in [0.5, 0.6) is 0 Å². The molecule has 0 fully saturated rings. The van der Waals surface area contributed by atoms with Crippen molar-refractivity contribution in [3.05, 3.63) is 64.6 Å². The SMILES string of the molecule is CC(=O)Nc1ccc(NC(=O)Cc2csc(SCC(=O)Nc3ccc(Cl)cc3)n2)cc1. The van der Waals surface area contributed by atoms with E-state index < -0.39 is 0 Å². The number of benzene rings is 2. The number of aromatic nitrogens is 1. The third-order valence-corrected chi connectivity index (χ3v) is 6.14. The molecule has 31 heavy (non-hydrogen) atoms. The Labute approximate surface area is 192 Å². The van der Waals surface area contributed by atoms with Crippen LogP contribution in [0.1, 0.15) is 12.6 Å². The van der Waals surface area contributed by atoms with Crippen LogP contribution in [0.15, 0.2) is 58.3 Å². The summed E-state index contributed by atoms with van der Waals surface area (Å²) in [6.07, 6.45) is 0.126. The molecule has 0 aliphatic rings. The molecular formula is C21H19ClN4O3S2. The van der Waals surface area contributed by atoms with Crippen molar-refractivity contribution in [3.63, 3.8) is 0 Å². The van der Waals surface area contributed by atoms with E-state index >= 15 is 0 Å². The molecular weight excluding hydrogens is 456 g/mol. The van der Waals surface area contributed by atoms with E-state index in [2.05, 4.69) is 20.9 Å². The van der Waals surface area contributed by atoms with Crippen LogP contribution in [0.3, 0.4) is 0 Å². The van der Waals surface area contributed by atoms with Gasteiger partial charge >= 0.3 is 0 Å². The molecule has 0 radical (unpaired) electrons. The highest BCUT2D eigenvalue weighted by Gasteiger charge is 2.11. The molecule has 7 nitrogen and oxygen atoms in total. The van der Waals surface area contributed by atoms with Gasteiger partial charge in [0.1, 0.15) is 0 Å². The number of rotatable bonds is 8. The fourth-order valence-corrected chi connectivity index (χ4v) is 4.27. The molecule has 0 spiro atoms. The van der Waals surface area contributed by atoms with Crippen molar-refractivity contribution < 1.29 is 14.4 Å². The normalized spacial score (nSPS) is 10.4. The van der Waals surface area contributed by atoms with Crippen molar-refractivity contribution in [2.45, 2.75) is 17.7 Å². The van der Waals surface area contributed by atoms with Gasteiger partial charge in [0.05, 0.1) is 17.9 Å². The lowest BCUT2D eigenvalue weighted by molar-refractivity contribution is -0.116. The molecule has 0 atom stereocenters. The largest absolute Gasteiger partial charge is 0.326 e. The lowest BCUT2D eigenvalue weighted by Crippen LogP contribution is -2.15. The zero-order chi connectivity index (χ0) is 22.2. The van der Waals surface area contributed by atoms with E-state index in [0.29, 0.717) is 32.1 Å². The minimum Gasteiger partial charge on any atom is -0.326 e. The standard InChI is InChI=1S/C21H19ClN4O3S2/c1-13(27)23-15-6-8-17(9-7-15)24-19(28)10-18-11-30-21(26-18)31-12-20(29)25-16-4-2-14(22)3-5-16/h2-9,11H,10,12H2,1H3,(H,23,27)(H,24,28)(H,25,29). The number of hydrogen-bond donors (Lipinski definition) is 3. The molecule has 0 saturated carbocycles. The first kappa shape index (κ1) is 22.8. The van der Waals surface area contributed by atoms with E-state index in [0.717, 1.165) is 0 Å². The molecule has 3 aromatic rings. The van der Waals surface area contributed by atoms with Crippen LogP contribution in [-0.4, -0.2) is 28.5 Å². The number of nitrogens with zero attached hydrogens (tertiary/aromatic N) is 1.